The molecule has 2 aromatic rings. The maximum Gasteiger partial charge on any atom is 0.311 e. The molecule has 22 heavy (non-hydrogen) atoms. The molecule has 0 fully saturated rings. The summed E-state index contributed by atoms with van der Waals surface area (Å²) in [5, 5.41) is 12.4. The van der Waals surface area contributed by atoms with Crippen LogP contribution in [0.1, 0.15) is 49.6 Å². The molecule has 0 bridgehead atoms. The monoisotopic (exact) mass is 315 g/mol. The van der Waals surface area contributed by atoms with Crippen molar-refractivity contribution in [1.29, 1.82) is 0 Å². The van der Waals surface area contributed by atoms with E-state index >= 15 is 0 Å². The van der Waals surface area contributed by atoms with E-state index in [0.29, 0.717) is 12.0 Å². The highest BCUT2D eigenvalue weighted by Gasteiger charge is 2.36. The molecule has 1 aliphatic carbocycles. The lowest BCUT2D eigenvalue weighted by Gasteiger charge is -2.14. The Morgan fingerprint density at radius 2 is 1.91 bits per heavy atom. The molecule has 2 N–H and O–H groups in total. The number of hydrogen-bond acceptors (Lipinski definition) is 3. The smallest absolute Gasteiger partial charge is 0.311 e. The number of aryl methyl sites for hydroxylation is 2. The maximum atomic E-state index is 12.5. The minimum absolute atomic E-state index is 0.132. The molecule has 1 aliphatic rings. The average Bonchev–Trinajstić information content (AvgIpc) is 3.00. The Bertz CT molecular complexity index is 750. The average molecular weight is 315 g/mol. The maximum absolute atomic E-state index is 12.5. The van der Waals surface area contributed by atoms with E-state index in [4.69, 9.17) is 0 Å². The first-order chi connectivity index (χ1) is 10.5. The Hall–Kier alpha value is -2.14. The molecule has 4 nitrogen and oxygen atoms in total. The van der Waals surface area contributed by atoms with Crippen LogP contribution in [0.3, 0.4) is 0 Å². The van der Waals surface area contributed by atoms with Crippen molar-refractivity contribution < 1.29 is 14.7 Å². The lowest BCUT2D eigenvalue weighted by Crippen LogP contribution is -2.27. The van der Waals surface area contributed by atoms with Gasteiger partial charge in [0.05, 0.1) is 17.5 Å². The number of amides is 1. The molecule has 1 heterocycles. The van der Waals surface area contributed by atoms with E-state index in [1.807, 2.05) is 44.2 Å². The van der Waals surface area contributed by atoms with Crippen LogP contribution < -0.4 is 5.32 Å². The number of carbonyl (C=O) groups is 2. The highest BCUT2D eigenvalue weighted by Crippen LogP contribution is 2.40. The topological polar surface area (TPSA) is 66.4 Å². The van der Waals surface area contributed by atoms with Gasteiger partial charge in [-0.3, -0.25) is 9.59 Å². The summed E-state index contributed by atoms with van der Waals surface area (Å²) in [5.41, 5.74) is 2.39. The number of fused-ring (bicyclic) bond motifs is 1. The number of benzene rings is 1. The van der Waals surface area contributed by atoms with Crippen LogP contribution in [0.2, 0.25) is 0 Å². The number of hydrogen-bond donors (Lipinski definition) is 2. The summed E-state index contributed by atoms with van der Waals surface area (Å²) in [6.07, 6.45) is 0.405. The normalized spacial score (nSPS) is 19.7. The van der Waals surface area contributed by atoms with Gasteiger partial charge in [-0.2, -0.15) is 0 Å². The molecule has 1 aromatic heterocycles. The van der Waals surface area contributed by atoms with Crippen LogP contribution in [0.15, 0.2) is 30.3 Å². The standard InChI is InChI=1S/C17H17NO3S/c1-9-7-13(10(2)22-9)16(19)18-15-8-14(17(20)21)11-5-3-4-6-12(11)15/h3-7,14-15H,8H2,1-2H3,(H,18,19)(H,20,21). The van der Waals surface area contributed by atoms with Gasteiger partial charge in [0.2, 0.25) is 0 Å². The van der Waals surface area contributed by atoms with Crippen molar-refractivity contribution in [1.82, 2.24) is 5.32 Å². The Kier molecular flexibility index (Phi) is 3.74. The molecule has 1 aromatic carbocycles. The third-order valence-electron chi connectivity index (χ3n) is 4.11. The third-order valence-corrected chi connectivity index (χ3v) is 5.07. The molecule has 0 spiro atoms. The Morgan fingerprint density at radius 3 is 2.50 bits per heavy atom. The molecule has 3 rings (SSSR count). The molecule has 0 saturated heterocycles. The summed E-state index contributed by atoms with van der Waals surface area (Å²) in [6, 6.07) is 9.08. The molecular formula is C17H17NO3S. The fraction of sp³-hybridized carbons (Fsp3) is 0.294. The summed E-state index contributed by atoms with van der Waals surface area (Å²) in [7, 11) is 0. The van der Waals surface area contributed by atoms with Crippen molar-refractivity contribution in [2.45, 2.75) is 32.2 Å². The van der Waals surface area contributed by atoms with Crippen molar-refractivity contribution in [2.75, 3.05) is 0 Å². The highest BCUT2D eigenvalue weighted by atomic mass is 32.1. The first kappa shape index (κ1) is 14.8. The zero-order valence-electron chi connectivity index (χ0n) is 12.4. The van der Waals surface area contributed by atoms with Gasteiger partial charge in [0, 0.05) is 9.75 Å². The fourth-order valence-electron chi connectivity index (χ4n) is 3.10. The van der Waals surface area contributed by atoms with Gasteiger partial charge in [0.1, 0.15) is 0 Å². The summed E-state index contributed by atoms with van der Waals surface area (Å²) >= 11 is 1.59. The summed E-state index contributed by atoms with van der Waals surface area (Å²) < 4.78 is 0. The molecule has 0 radical (unpaired) electrons. The number of carboxylic acid groups (broad SMARTS) is 1. The highest BCUT2D eigenvalue weighted by molar-refractivity contribution is 7.12. The summed E-state index contributed by atoms with van der Waals surface area (Å²) in [4.78, 5) is 26.0. The minimum atomic E-state index is -0.841. The van der Waals surface area contributed by atoms with E-state index in [-0.39, 0.29) is 11.9 Å². The number of aliphatic carboxylic acids is 1. The predicted octanol–water partition coefficient (Wildman–Crippen LogP) is 3.41. The van der Waals surface area contributed by atoms with Crippen LogP contribution in [0.25, 0.3) is 0 Å². The van der Waals surface area contributed by atoms with E-state index in [9.17, 15) is 14.7 Å². The zero-order valence-corrected chi connectivity index (χ0v) is 13.2. The zero-order chi connectivity index (χ0) is 15.9. The molecule has 5 heteroatoms. The second-order valence-electron chi connectivity index (χ2n) is 5.61. The fourth-order valence-corrected chi connectivity index (χ4v) is 4.02. The molecule has 2 atom stereocenters. The molecule has 2 unspecified atom stereocenters. The lowest BCUT2D eigenvalue weighted by molar-refractivity contribution is -0.138. The van der Waals surface area contributed by atoms with Crippen LogP contribution in [0.5, 0.6) is 0 Å². The van der Waals surface area contributed by atoms with Crippen LogP contribution in [-0.2, 0) is 4.79 Å². The number of thiophene rings is 1. The van der Waals surface area contributed by atoms with Crippen molar-refractivity contribution >= 4 is 23.2 Å². The Morgan fingerprint density at radius 1 is 1.23 bits per heavy atom. The van der Waals surface area contributed by atoms with Gasteiger partial charge in [-0.1, -0.05) is 24.3 Å². The van der Waals surface area contributed by atoms with E-state index in [1.54, 1.807) is 11.3 Å². The number of carboxylic acids is 1. The molecular weight excluding hydrogens is 298 g/mol. The van der Waals surface area contributed by atoms with Gasteiger partial charge >= 0.3 is 5.97 Å². The first-order valence-electron chi connectivity index (χ1n) is 7.17. The Labute approximate surface area is 132 Å². The van der Waals surface area contributed by atoms with Gasteiger partial charge in [-0.15, -0.1) is 11.3 Å². The van der Waals surface area contributed by atoms with Crippen LogP contribution in [-0.4, -0.2) is 17.0 Å². The van der Waals surface area contributed by atoms with Gasteiger partial charge in [0.15, 0.2) is 0 Å². The van der Waals surface area contributed by atoms with E-state index in [1.165, 1.54) is 0 Å². The number of rotatable bonds is 3. The van der Waals surface area contributed by atoms with Crippen molar-refractivity contribution in [2.24, 2.45) is 0 Å². The van der Waals surface area contributed by atoms with Crippen LogP contribution in [0, 0.1) is 13.8 Å². The predicted molar refractivity (Wildman–Crippen MR) is 85.4 cm³/mol. The molecule has 0 aliphatic heterocycles. The van der Waals surface area contributed by atoms with Crippen molar-refractivity contribution in [3.8, 4) is 0 Å². The summed E-state index contributed by atoms with van der Waals surface area (Å²) in [5.74, 6) is -1.52. The lowest BCUT2D eigenvalue weighted by atomic mass is 10.0. The van der Waals surface area contributed by atoms with Crippen LogP contribution >= 0.6 is 11.3 Å². The number of carbonyl (C=O) groups excluding carboxylic acids is 1. The van der Waals surface area contributed by atoms with E-state index in [2.05, 4.69) is 5.32 Å². The Balaban J connectivity index is 1.86. The molecule has 114 valence electrons. The van der Waals surface area contributed by atoms with Gasteiger partial charge in [-0.05, 0) is 37.5 Å². The SMILES string of the molecule is Cc1cc(C(=O)NC2CC(C(=O)O)c3ccccc32)c(C)s1. The minimum Gasteiger partial charge on any atom is -0.481 e. The van der Waals surface area contributed by atoms with Crippen molar-refractivity contribution in [3.63, 3.8) is 0 Å². The van der Waals surface area contributed by atoms with Gasteiger partial charge in [0.25, 0.3) is 5.91 Å². The second-order valence-corrected chi connectivity index (χ2v) is 7.07. The van der Waals surface area contributed by atoms with Gasteiger partial charge in [-0.25, -0.2) is 0 Å². The quantitative estimate of drug-likeness (QED) is 0.912. The first-order valence-corrected chi connectivity index (χ1v) is 7.98. The second kappa shape index (κ2) is 5.57. The molecule has 1 amide bonds. The number of nitrogens with one attached hydrogen (secondary N) is 1. The third kappa shape index (κ3) is 2.52. The largest absolute Gasteiger partial charge is 0.481 e. The van der Waals surface area contributed by atoms with Crippen molar-refractivity contribution in [3.05, 3.63) is 56.8 Å². The van der Waals surface area contributed by atoms with Gasteiger partial charge < -0.3 is 10.4 Å². The van der Waals surface area contributed by atoms with E-state index < -0.39 is 11.9 Å². The molecule has 0 saturated carbocycles. The summed E-state index contributed by atoms with van der Waals surface area (Å²) in [6.45, 7) is 3.90. The van der Waals surface area contributed by atoms with Crippen LogP contribution in [0.4, 0.5) is 0 Å². The van der Waals surface area contributed by atoms with E-state index in [0.717, 1.165) is 20.9 Å².